The molecule has 1 heterocycles. The molecule has 1 N–H and O–H groups in total. The van der Waals surface area contributed by atoms with E-state index in [1.807, 2.05) is 0 Å². The van der Waals surface area contributed by atoms with Crippen molar-refractivity contribution < 1.29 is 9.13 Å². The summed E-state index contributed by atoms with van der Waals surface area (Å²) in [6.45, 7) is 0.604. The average Bonchev–Trinajstić information content (AvgIpc) is 2.21. The van der Waals surface area contributed by atoms with Gasteiger partial charge in [0.1, 0.15) is 5.82 Å². The quantitative estimate of drug-likeness (QED) is 0.778. The summed E-state index contributed by atoms with van der Waals surface area (Å²) in [6, 6.07) is 1.67. The van der Waals surface area contributed by atoms with Crippen LogP contribution in [0, 0.1) is 5.82 Å². The lowest BCUT2D eigenvalue weighted by Gasteiger charge is -2.16. The first-order valence-electron chi connectivity index (χ1n) is 4.55. The Bertz CT molecular complexity index is 281. The highest BCUT2D eigenvalue weighted by atomic mass is 19.1. The molecule has 1 unspecified atom stereocenters. The van der Waals surface area contributed by atoms with Gasteiger partial charge in [0, 0.05) is 31.5 Å². The zero-order valence-corrected chi connectivity index (χ0v) is 8.46. The van der Waals surface area contributed by atoms with Crippen LogP contribution in [0.2, 0.25) is 0 Å². The van der Waals surface area contributed by atoms with Crippen LogP contribution in [0.25, 0.3) is 0 Å². The van der Waals surface area contributed by atoms with Gasteiger partial charge in [0.25, 0.3) is 0 Å². The van der Waals surface area contributed by atoms with Crippen LogP contribution in [-0.4, -0.2) is 25.7 Å². The van der Waals surface area contributed by atoms with Crippen LogP contribution in [-0.2, 0) is 4.74 Å². The minimum absolute atomic E-state index is 0.0158. The summed E-state index contributed by atoms with van der Waals surface area (Å²) in [5.41, 5.74) is 0.638. The van der Waals surface area contributed by atoms with E-state index in [0.717, 1.165) is 6.42 Å². The molecule has 1 atom stereocenters. The monoisotopic (exact) mass is 198 g/mol. The van der Waals surface area contributed by atoms with Gasteiger partial charge >= 0.3 is 0 Å². The fourth-order valence-corrected chi connectivity index (χ4v) is 1.36. The molecule has 0 saturated carbocycles. The average molecular weight is 198 g/mol. The highest BCUT2D eigenvalue weighted by Crippen LogP contribution is 2.18. The van der Waals surface area contributed by atoms with Crippen molar-refractivity contribution in [1.29, 1.82) is 0 Å². The summed E-state index contributed by atoms with van der Waals surface area (Å²) in [6.07, 6.45) is 3.57. The van der Waals surface area contributed by atoms with Gasteiger partial charge in [-0.2, -0.15) is 0 Å². The molecule has 14 heavy (non-hydrogen) atoms. The molecule has 0 aromatic carbocycles. The van der Waals surface area contributed by atoms with Crippen LogP contribution in [0.5, 0.6) is 0 Å². The molecule has 1 aromatic rings. The normalized spacial score (nSPS) is 12.8. The molecule has 3 nitrogen and oxygen atoms in total. The van der Waals surface area contributed by atoms with Gasteiger partial charge in [-0.3, -0.25) is 4.98 Å². The van der Waals surface area contributed by atoms with Gasteiger partial charge < -0.3 is 10.1 Å². The molecule has 0 fully saturated rings. The number of aromatic nitrogens is 1. The second-order valence-electron chi connectivity index (χ2n) is 3.02. The SMILES string of the molecule is CNC(CCOC)c1ccncc1F. The molecule has 78 valence electrons. The number of nitrogens with one attached hydrogen (secondary N) is 1. The molecule has 0 saturated heterocycles. The first-order valence-corrected chi connectivity index (χ1v) is 4.55. The van der Waals surface area contributed by atoms with Crippen LogP contribution in [0.15, 0.2) is 18.5 Å². The van der Waals surface area contributed by atoms with Crippen molar-refractivity contribution in [2.45, 2.75) is 12.5 Å². The topological polar surface area (TPSA) is 34.1 Å². The van der Waals surface area contributed by atoms with E-state index in [-0.39, 0.29) is 11.9 Å². The van der Waals surface area contributed by atoms with Crippen molar-refractivity contribution in [1.82, 2.24) is 10.3 Å². The van der Waals surface area contributed by atoms with E-state index in [1.54, 1.807) is 26.4 Å². The number of halogens is 1. The van der Waals surface area contributed by atoms with Gasteiger partial charge in [-0.15, -0.1) is 0 Å². The number of rotatable bonds is 5. The second-order valence-corrected chi connectivity index (χ2v) is 3.02. The van der Waals surface area contributed by atoms with E-state index in [0.29, 0.717) is 12.2 Å². The maximum Gasteiger partial charge on any atom is 0.146 e. The Morgan fingerprint density at radius 2 is 2.43 bits per heavy atom. The molecular formula is C10H15FN2O. The van der Waals surface area contributed by atoms with Gasteiger partial charge in [0.2, 0.25) is 0 Å². The number of nitrogens with zero attached hydrogens (tertiary/aromatic N) is 1. The molecule has 0 radical (unpaired) electrons. The maximum absolute atomic E-state index is 13.3. The van der Waals surface area contributed by atoms with Gasteiger partial charge in [-0.1, -0.05) is 0 Å². The highest BCUT2D eigenvalue weighted by Gasteiger charge is 2.12. The molecule has 0 aliphatic carbocycles. The predicted molar refractivity (Wildman–Crippen MR) is 52.5 cm³/mol. The molecule has 0 bridgehead atoms. The fraction of sp³-hybridized carbons (Fsp3) is 0.500. The van der Waals surface area contributed by atoms with Gasteiger partial charge in [0.15, 0.2) is 0 Å². The van der Waals surface area contributed by atoms with E-state index in [9.17, 15) is 4.39 Å². The minimum Gasteiger partial charge on any atom is -0.385 e. The third-order valence-electron chi connectivity index (χ3n) is 2.14. The Kier molecular flexibility index (Phi) is 4.49. The predicted octanol–water partition coefficient (Wildman–Crippen LogP) is 1.52. The van der Waals surface area contributed by atoms with E-state index < -0.39 is 0 Å². The minimum atomic E-state index is -0.275. The maximum atomic E-state index is 13.3. The Morgan fingerprint density at radius 1 is 1.64 bits per heavy atom. The lowest BCUT2D eigenvalue weighted by molar-refractivity contribution is 0.183. The molecule has 1 aromatic heterocycles. The van der Waals surface area contributed by atoms with E-state index in [2.05, 4.69) is 10.3 Å². The third-order valence-corrected chi connectivity index (χ3v) is 2.14. The highest BCUT2D eigenvalue weighted by molar-refractivity contribution is 5.17. The summed E-state index contributed by atoms with van der Waals surface area (Å²) in [4.78, 5) is 3.71. The third kappa shape index (κ3) is 2.75. The van der Waals surface area contributed by atoms with Crippen LogP contribution < -0.4 is 5.32 Å². The largest absolute Gasteiger partial charge is 0.385 e. The van der Waals surface area contributed by atoms with E-state index >= 15 is 0 Å². The Labute approximate surface area is 83.3 Å². The molecule has 0 aliphatic rings. The first kappa shape index (κ1) is 11.1. The smallest absolute Gasteiger partial charge is 0.146 e. The Morgan fingerprint density at radius 3 is 3.00 bits per heavy atom. The van der Waals surface area contributed by atoms with Crippen molar-refractivity contribution in [2.75, 3.05) is 20.8 Å². The number of hydrogen-bond acceptors (Lipinski definition) is 3. The van der Waals surface area contributed by atoms with Crippen molar-refractivity contribution >= 4 is 0 Å². The van der Waals surface area contributed by atoms with Crippen LogP contribution in [0.3, 0.4) is 0 Å². The number of hydrogen-bond donors (Lipinski definition) is 1. The summed E-state index contributed by atoms with van der Waals surface area (Å²) in [7, 11) is 3.44. The standard InChI is InChI=1S/C10H15FN2O/c1-12-10(4-6-14-2)8-3-5-13-7-9(8)11/h3,5,7,10,12H,4,6H2,1-2H3. The van der Waals surface area contributed by atoms with Crippen molar-refractivity contribution in [3.8, 4) is 0 Å². The molecular weight excluding hydrogens is 183 g/mol. The van der Waals surface area contributed by atoms with Gasteiger partial charge in [-0.25, -0.2) is 4.39 Å². The summed E-state index contributed by atoms with van der Waals surface area (Å²) in [5.74, 6) is -0.275. The molecule has 1 rings (SSSR count). The Balaban J connectivity index is 2.73. The fourth-order valence-electron chi connectivity index (χ4n) is 1.36. The van der Waals surface area contributed by atoms with Crippen molar-refractivity contribution in [2.24, 2.45) is 0 Å². The number of ether oxygens (including phenoxy) is 1. The lowest BCUT2D eigenvalue weighted by Crippen LogP contribution is -2.19. The summed E-state index contributed by atoms with van der Waals surface area (Å²) >= 11 is 0. The summed E-state index contributed by atoms with van der Waals surface area (Å²) < 4.78 is 18.3. The van der Waals surface area contributed by atoms with Gasteiger partial charge in [0.05, 0.1) is 6.20 Å². The zero-order chi connectivity index (χ0) is 10.4. The first-order chi connectivity index (χ1) is 6.79. The van der Waals surface area contributed by atoms with Gasteiger partial charge in [-0.05, 0) is 19.5 Å². The molecule has 0 aliphatic heterocycles. The Hall–Kier alpha value is -1.00. The zero-order valence-electron chi connectivity index (χ0n) is 8.46. The molecule has 4 heteroatoms. The summed E-state index contributed by atoms with van der Waals surface area (Å²) in [5, 5.41) is 3.05. The lowest BCUT2D eigenvalue weighted by atomic mass is 10.1. The molecule has 0 amide bonds. The van der Waals surface area contributed by atoms with E-state index in [1.165, 1.54) is 6.20 Å². The van der Waals surface area contributed by atoms with Crippen molar-refractivity contribution in [3.05, 3.63) is 29.8 Å². The number of methoxy groups -OCH3 is 1. The second kappa shape index (κ2) is 5.67. The van der Waals surface area contributed by atoms with Crippen LogP contribution in [0.1, 0.15) is 18.0 Å². The van der Waals surface area contributed by atoms with Crippen LogP contribution >= 0.6 is 0 Å². The number of pyridine rings is 1. The van der Waals surface area contributed by atoms with Crippen LogP contribution in [0.4, 0.5) is 4.39 Å². The van der Waals surface area contributed by atoms with Crippen molar-refractivity contribution in [3.63, 3.8) is 0 Å². The van der Waals surface area contributed by atoms with E-state index in [4.69, 9.17) is 4.74 Å². The molecule has 0 spiro atoms.